The molecule has 15 heavy (non-hydrogen) atoms. The summed E-state index contributed by atoms with van der Waals surface area (Å²) < 4.78 is 5.39. The molecule has 0 aliphatic rings. The van der Waals surface area contributed by atoms with Crippen LogP contribution >= 0.6 is 0 Å². The van der Waals surface area contributed by atoms with Crippen LogP contribution in [0.15, 0.2) is 24.3 Å². The topological polar surface area (TPSA) is 9.23 Å². The van der Waals surface area contributed by atoms with Gasteiger partial charge in [-0.1, -0.05) is 18.2 Å². The minimum atomic E-state index is 0.981. The Morgan fingerprint density at radius 3 is 2.33 bits per heavy atom. The molecule has 78 valence electrons. The fourth-order valence-electron chi connectivity index (χ4n) is 2.04. The van der Waals surface area contributed by atoms with E-state index in [-0.39, 0.29) is 0 Å². The fourth-order valence-corrected chi connectivity index (χ4v) is 2.04. The van der Waals surface area contributed by atoms with E-state index in [9.17, 15) is 0 Å². The van der Waals surface area contributed by atoms with Crippen LogP contribution in [0.25, 0.3) is 10.8 Å². The Labute approximate surface area is 90.7 Å². The lowest BCUT2D eigenvalue weighted by Crippen LogP contribution is -1.92. The number of rotatable bonds is 1. The number of hydrogen-bond donors (Lipinski definition) is 0. The zero-order chi connectivity index (χ0) is 11.0. The highest BCUT2D eigenvalue weighted by Crippen LogP contribution is 2.31. The second kappa shape index (κ2) is 3.58. The Morgan fingerprint density at radius 1 is 0.933 bits per heavy atom. The molecule has 0 fully saturated rings. The molecule has 0 amide bonds. The number of methoxy groups -OCH3 is 1. The maximum Gasteiger partial charge on any atom is 0.122 e. The van der Waals surface area contributed by atoms with E-state index in [0.29, 0.717) is 0 Å². The van der Waals surface area contributed by atoms with Gasteiger partial charge in [0.15, 0.2) is 0 Å². The summed E-state index contributed by atoms with van der Waals surface area (Å²) in [5.74, 6) is 0.981. The van der Waals surface area contributed by atoms with Gasteiger partial charge in [0.25, 0.3) is 0 Å². The molecule has 0 heterocycles. The Bertz CT molecular complexity index is 512. The van der Waals surface area contributed by atoms with Crippen molar-refractivity contribution in [2.75, 3.05) is 7.11 Å². The van der Waals surface area contributed by atoms with Crippen LogP contribution in [-0.2, 0) is 0 Å². The van der Waals surface area contributed by atoms with Crippen molar-refractivity contribution < 1.29 is 4.74 Å². The molecule has 0 aliphatic heterocycles. The molecule has 2 aromatic carbocycles. The van der Waals surface area contributed by atoms with Gasteiger partial charge in [-0.3, -0.25) is 0 Å². The lowest BCUT2D eigenvalue weighted by molar-refractivity contribution is 0.412. The summed E-state index contributed by atoms with van der Waals surface area (Å²) in [6, 6.07) is 8.55. The summed E-state index contributed by atoms with van der Waals surface area (Å²) in [7, 11) is 1.73. The highest BCUT2D eigenvalue weighted by Gasteiger charge is 2.07. The predicted molar refractivity (Wildman–Crippen MR) is 64.7 cm³/mol. The first-order valence-electron chi connectivity index (χ1n) is 5.18. The molecule has 0 unspecified atom stereocenters. The second-order valence-electron chi connectivity index (χ2n) is 4.00. The molecule has 0 N–H and O–H groups in total. The molecule has 0 radical (unpaired) electrons. The quantitative estimate of drug-likeness (QED) is 0.680. The molecule has 2 rings (SSSR count). The zero-order valence-electron chi connectivity index (χ0n) is 9.72. The van der Waals surface area contributed by atoms with Gasteiger partial charge in [0.1, 0.15) is 5.75 Å². The minimum absolute atomic E-state index is 0.981. The number of ether oxygens (including phenoxy) is 1. The third-order valence-electron chi connectivity index (χ3n) is 3.16. The molecule has 1 heteroatoms. The van der Waals surface area contributed by atoms with Gasteiger partial charge in [0.05, 0.1) is 7.11 Å². The van der Waals surface area contributed by atoms with Crippen LogP contribution in [-0.4, -0.2) is 7.11 Å². The summed E-state index contributed by atoms with van der Waals surface area (Å²) in [5, 5.41) is 2.62. The van der Waals surface area contributed by atoms with Crippen molar-refractivity contribution in [3.8, 4) is 5.75 Å². The van der Waals surface area contributed by atoms with Gasteiger partial charge in [-0.15, -0.1) is 0 Å². The van der Waals surface area contributed by atoms with Gasteiger partial charge in [0.2, 0.25) is 0 Å². The van der Waals surface area contributed by atoms with Gasteiger partial charge in [0, 0.05) is 0 Å². The van der Waals surface area contributed by atoms with Crippen LogP contribution in [0.4, 0.5) is 0 Å². The number of hydrogen-bond acceptors (Lipinski definition) is 1. The van der Waals surface area contributed by atoms with E-state index < -0.39 is 0 Å². The molecule has 0 aromatic heterocycles. The smallest absolute Gasteiger partial charge is 0.122 e. The largest absolute Gasteiger partial charge is 0.496 e. The predicted octanol–water partition coefficient (Wildman–Crippen LogP) is 3.77. The molecule has 0 aliphatic carbocycles. The van der Waals surface area contributed by atoms with Crippen LogP contribution in [0.1, 0.15) is 16.7 Å². The van der Waals surface area contributed by atoms with Crippen molar-refractivity contribution >= 4 is 10.8 Å². The SMILES string of the molecule is COc1cc2c(C)cccc2c(C)c1C. The zero-order valence-corrected chi connectivity index (χ0v) is 9.72. The van der Waals surface area contributed by atoms with Gasteiger partial charge in [-0.2, -0.15) is 0 Å². The van der Waals surface area contributed by atoms with E-state index in [2.05, 4.69) is 45.0 Å². The molecule has 0 spiro atoms. The van der Waals surface area contributed by atoms with Crippen molar-refractivity contribution in [2.24, 2.45) is 0 Å². The highest BCUT2D eigenvalue weighted by atomic mass is 16.5. The van der Waals surface area contributed by atoms with Gasteiger partial charge < -0.3 is 4.74 Å². The van der Waals surface area contributed by atoms with E-state index in [4.69, 9.17) is 4.74 Å². The van der Waals surface area contributed by atoms with Crippen molar-refractivity contribution in [3.63, 3.8) is 0 Å². The van der Waals surface area contributed by atoms with Crippen molar-refractivity contribution in [1.82, 2.24) is 0 Å². The summed E-state index contributed by atoms with van der Waals surface area (Å²) in [6.07, 6.45) is 0. The monoisotopic (exact) mass is 200 g/mol. The van der Waals surface area contributed by atoms with E-state index in [1.165, 1.54) is 27.5 Å². The summed E-state index contributed by atoms with van der Waals surface area (Å²) in [6.45, 7) is 6.39. The van der Waals surface area contributed by atoms with Crippen LogP contribution in [0.3, 0.4) is 0 Å². The highest BCUT2D eigenvalue weighted by molar-refractivity contribution is 5.90. The standard InChI is InChI=1S/C14H16O/c1-9-6-5-7-12-10(2)11(3)14(15-4)8-13(9)12/h5-8H,1-4H3. The first-order chi connectivity index (χ1) is 7.15. The normalized spacial score (nSPS) is 10.7. The van der Waals surface area contributed by atoms with E-state index in [0.717, 1.165) is 5.75 Å². The minimum Gasteiger partial charge on any atom is -0.496 e. The molecule has 0 bridgehead atoms. The second-order valence-corrected chi connectivity index (χ2v) is 4.00. The van der Waals surface area contributed by atoms with Crippen molar-refractivity contribution in [1.29, 1.82) is 0 Å². The lowest BCUT2D eigenvalue weighted by atomic mass is 9.97. The van der Waals surface area contributed by atoms with Crippen LogP contribution in [0.2, 0.25) is 0 Å². The molecular formula is C14H16O. The average molecular weight is 200 g/mol. The molecule has 1 nitrogen and oxygen atoms in total. The van der Waals surface area contributed by atoms with Gasteiger partial charge in [-0.05, 0) is 54.3 Å². The third-order valence-corrected chi connectivity index (χ3v) is 3.16. The van der Waals surface area contributed by atoms with Crippen LogP contribution in [0, 0.1) is 20.8 Å². The number of benzene rings is 2. The molecular weight excluding hydrogens is 184 g/mol. The van der Waals surface area contributed by atoms with E-state index in [1.54, 1.807) is 7.11 Å². The van der Waals surface area contributed by atoms with Crippen molar-refractivity contribution in [2.45, 2.75) is 20.8 Å². The van der Waals surface area contributed by atoms with Crippen LogP contribution < -0.4 is 4.74 Å². The summed E-state index contributed by atoms with van der Waals surface area (Å²) in [5.41, 5.74) is 3.84. The maximum atomic E-state index is 5.39. The molecule has 0 saturated carbocycles. The Balaban J connectivity index is 2.91. The molecule has 2 aromatic rings. The Morgan fingerprint density at radius 2 is 1.67 bits per heavy atom. The van der Waals surface area contributed by atoms with E-state index >= 15 is 0 Å². The molecule has 0 saturated heterocycles. The third kappa shape index (κ3) is 1.48. The van der Waals surface area contributed by atoms with Crippen molar-refractivity contribution in [3.05, 3.63) is 41.0 Å². The fraction of sp³-hybridized carbons (Fsp3) is 0.286. The Hall–Kier alpha value is -1.50. The lowest BCUT2D eigenvalue weighted by Gasteiger charge is -2.12. The first kappa shape index (κ1) is 10.0. The number of fused-ring (bicyclic) bond motifs is 1. The van der Waals surface area contributed by atoms with E-state index in [1.807, 2.05) is 0 Å². The summed E-state index contributed by atoms with van der Waals surface area (Å²) in [4.78, 5) is 0. The number of aryl methyl sites for hydroxylation is 2. The average Bonchev–Trinajstić information content (AvgIpc) is 2.24. The van der Waals surface area contributed by atoms with Gasteiger partial charge >= 0.3 is 0 Å². The first-order valence-corrected chi connectivity index (χ1v) is 5.18. The maximum absolute atomic E-state index is 5.39. The summed E-state index contributed by atoms with van der Waals surface area (Å²) >= 11 is 0. The molecule has 0 atom stereocenters. The Kier molecular flexibility index (Phi) is 2.39. The van der Waals surface area contributed by atoms with Gasteiger partial charge in [-0.25, -0.2) is 0 Å². The van der Waals surface area contributed by atoms with Crippen LogP contribution in [0.5, 0.6) is 5.75 Å².